The van der Waals surface area contributed by atoms with Crippen LogP contribution in [0.25, 0.3) is 21.5 Å². The molecule has 12 aromatic carbocycles. The number of aromatic hydroxyl groups is 2. The second kappa shape index (κ2) is 48.3. The highest BCUT2D eigenvalue weighted by atomic mass is 16.7. The SMILES string of the molecule is CCOC(C)Oc1c(C)cc(C(c2ccc3cc(C(c4cc(C)c(OC(C)OCC)c(C)c4C)c4cc(C)c(OC(C)OCC)c(C)c4C)ccc3c2)c2cc(C)c(O)c(C)c2C)c(C)c1C.Cc1cc(C(c2ccc3cc(C(c4cc(C)c(OC(C)OC5CCCCC5)c(C)c4C)c4cc(C)c(OC(C)OC5CCCCC5)c(C)c4C)ccc3c2)c2cc(C)c(OC(C)OC3CCCCC3)c(C)c2C)c(C)c(C)c1O. The molecule has 3 saturated carbocycles. The molecule has 0 aliphatic heterocycles. The van der Waals surface area contributed by atoms with E-state index in [1.54, 1.807) is 0 Å². The molecule has 3 fully saturated rings. The van der Waals surface area contributed by atoms with Crippen LogP contribution in [0.4, 0.5) is 0 Å². The van der Waals surface area contributed by atoms with Gasteiger partial charge in [0.05, 0.1) is 18.3 Å². The lowest BCUT2D eigenvalue weighted by Gasteiger charge is -2.30. The Kier molecular flexibility index (Phi) is 36.7. The van der Waals surface area contributed by atoms with Crippen molar-refractivity contribution >= 4 is 21.5 Å². The van der Waals surface area contributed by atoms with Crippen LogP contribution in [0, 0.1) is 166 Å². The summed E-state index contributed by atoms with van der Waals surface area (Å²) >= 11 is 0. The summed E-state index contributed by atoms with van der Waals surface area (Å²) in [6, 6.07) is 46.5. The Labute approximate surface area is 875 Å². The Balaban J connectivity index is 0.000000234. The molecule has 0 amide bonds. The average Bonchev–Trinajstić information content (AvgIpc) is 0.749. The highest BCUT2D eigenvalue weighted by Gasteiger charge is 2.36. The van der Waals surface area contributed by atoms with Gasteiger partial charge in [-0.2, -0.15) is 0 Å². The fourth-order valence-electron chi connectivity index (χ4n) is 23.9. The van der Waals surface area contributed by atoms with Crippen molar-refractivity contribution in [1.29, 1.82) is 0 Å². The van der Waals surface area contributed by atoms with Gasteiger partial charge in [0.1, 0.15) is 46.0 Å². The zero-order valence-corrected chi connectivity index (χ0v) is 94.6. The number of rotatable bonds is 36. The van der Waals surface area contributed by atoms with Gasteiger partial charge >= 0.3 is 0 Å². The Hall–Kier alpha value is -10.7. The van der Waals surface area contributed by atoms with Crippen molar-refractivity contribution in [2.75, 3.05) is 19.8 Å². The van der Waals surface area contributed by atoms with Gasteiger partial charge in [0.25, 0.3) is 0 Å². The van der Waals surface area contributed by atoms with E-state index in [0.717, 1.165) is 184 Å². The van der Waals surface area contributed by atoms with Gasteiger partial charge in [0, 0.05) is 43.5 Å². The third kappa shape index (κ3) is 24.2. The summed E-state index contributed by atoms with van der Waals surface area (Å²) in [6.45, 7) is 71.6. The van der Waals surface area contributed by atoms with Crippen LogP contribution in [0.15, 0.2) is 121 Å². The topological polar surface area (TPSA) is 151 Å². The van der Waals surface area contributed by atoms with Gasteiger partial charge in [-0.3, -0.25) is 0 Å². The molecule has 782 valence electrons. The number of ether oxygens (including phenoxy) is 12. The predicted molar refractivity (Wildman–Crippen MR) is 600 cm³/mol. The van der Waals surface area contributed by atoms with E-state index in [4.69, 9.17) is 56.8 Å². The summed E-state index contributed by atoms with van der Waals surface area (Å²) in [5.41, 5.74) is 40.8. The normalized spacial score (nSPS) is 16.1. The zero-order valence-electron chi connectivity index (χ0n) is 94.6. The molecule has 0 saturated heterocycles. The average molecular weight is 1980 g/mol. The molecule has 3 aliphatic carbocycles. The van der Waals surface area contributed by atoms with E-state index >= 15 is 0 Å². The molecule has 3 aliphatic rings. The Morgan fingerprint density at radius 1 is 0.212 bits per heavy atom. The molecule has 8 unspecified atom stereocenters. The number of hydrogen-bond acceptors (Lipinski definition) is 14. The van der Waals surface area contributed by atoms with Crippen LogP contribution in [0.2, 0.25) is 0 Å². The van der Waals surface area contributed by atoms with E-state index in [2.05, 4.69) is 274 Å². The number of phenolic OH excluding ortho intramolecular Hbond substituents is 2. The van der Waals surface area contributed by atoms with Crippen molar-refractivity contribution in [3.05, 3.63) is 322 Å². The van der Waals surface area contributed by atoms with Crippen LogP contribution in [0.5, 0.6) is 46.0 Å². The smallest absolute Gasteiger partial charge is 0.197 e. The minimum atomic E-state index is -0.363. The van der Waals surface area contributed by atoms with Crippen LogP contribution < -0.4 is 28.4 Å². The first-order valence-electron chi connectivity index (χ1n) is 54.6. The van der Waals surface area contributed by atoms with Gasteiger partial charge in [-0.05, 0) is 489 Å². The highest BCUT2D eigenvalue weighted by molar-refractivity contribution is 5.87. The second-order valence-electron chi connectivity index (χ2n) is 43.1. The van der Waals surface area contributed by atoms with Crippen molar-refractivity contribution in [1.82, 2.24) is 0 Å². The highest BCUT2D eigenvalue weighted by Crippen LogP contribution is 2.52. The summed E-state index contributed by atoms with van der Waals surface area (Å²) in [5.74, 6) is 5.67. The van der Waals surface area contributed by atoms with Crippen LogP contribution in [-0.2, 0) is 28.4 Å². The molecule has 2 N–H and O–H groups in total. The van der Waals surface area contributed by atoms with Crippen molar-refractivity contribution in [3.63, 3.8) is 0 Å². The molecule has 8 atom stereocenters. The lowest BCUT2D eigenvalue weighted by Crippen LogP contribution is -2.27. The second-order valence-corrected chi connectivity index (χ2v) is 43.1. The molecule has 0 bridgehead atoms. The largest absolute Gasteiger partial charge is 0.507 e. The minimum Gasteiger partial charge on any atom is -0.507 e. The zero-order chi connectivity index (χ0) is 106. The summed E-state index contributed by atoms with van der Waals surface area (Å²) in [6.07, 6.45) is 16.4. The molecular formula is C132H170O14. The maximum atomic E-state index is 11.2. The van der Waals surface area contributed by atoms with Crippen molar-refractivity contribution < 1.29 is 67.1 Å². The van der Waals surface area contributed by atoms with Gasteiger partial charge in [0.15, 0.2) is 37.7 Å². The number of benzene rings is 12. The molecule has 0 aromatic heterocycles. The van der Waals surface area contributed by atoms with Gasteiger partial charge < -0.3 is 67.1 Å². The summed E-state index contributed by atoms with van der Waals surface area (Å²) in [5, 5.41) is 27.0. The predicted octanol–water partition coefficient (Wildman–Crippen LogP) is 33.7. The first kappa shape index (κ1) is 111. The first-order chi connectivity index (χ1) is 69.5. The van der Waals surface area contributed by atoms with Gasteiger partial charge in [-0.15, -0.1) is 0 Å². The number of hydrogen-bond donors (Lipinski definition) is 2. The summed E-state index contributed by atoms with van der Waals surface area (Å²) < 4.78 is 76.4. The molecule has 12 aromatic rings. The van der Waals surface area contributed by atoms with Crippen molar-refractivity contribution in [2.45, 2.75) is 405 Å². The van der Waals surface area contributed by atoms with Crippen LogP contribution >= 0.6 is 0 Å². The standard InChI is InChI=1S/C72H94O7.C60H76O7/c1-41-35-63(45(5)49(9)69(41)73)67(64-36-42(2)70(50(10)46(64)6)77-53(13)74-60-25-19-16-20-26-60)58-33-31-57-40-59(34-32-56(57)39-58)68(65-37-43(3)71(51(11)47(65)7)78-54(14)75-61-27-21-17-22-28-61)66-38-44(4)72(52(12)48(66)8)79-55(15)76-62-29-23-18-24-30-62;1-19-62-44(16)65-58-33(5)27-52(37(9)41(58)13)55(51-26-32(4)57(61)40(12)36(51)8)49-24-22-48-31-50(25-23-47(48)30-49)56(53-28-34(6)59(42(14)38(53)10)66-45(17)63-20-2)54-29-35(7)60(43(15)39(54)11)67-46(18)64-21-3/h31-40,53-55,60-62,67-68,73H,16-30H2,1-15H3;22-31,44-46,55-56,61H,19-21H2,1-18H3. The van der Waals surface area contributed by atoms with E-state index < -0.39 is 0 Å². The Morgan fingerprint density at radius 2 is 0.384 bits per heavy atom. The number of fused-ring (bicyclic) bond motifs is 2. The third-order valence-corrected chi connectivity index (χ3v) is 32.9. The molecule has 0 radical (unpaired) electrons. The maximum Gasteiger partial charge on any atom is 0.197 e. The number of aryl methyl sites for hydroxylation is 8. The Morgan fingerprint density at radius 3 is 0.568 bits per heavy atom. The van der Waals surface area contributed by atoms with Gasteiger partial charge in [0.2, 0.25) is 0 Å². The van der Waals surface area contributed by atoms with Gasteiger partial charge in [-0.25, -0.2) is 0 Å². The molecule has 0 heterocycles. The lowest BCUT2D eigenvalue weighted by molar-refractivity contribution is -0.117. The molecule has 14 nitrogen and oxygen atoms in total. The molecule has 14 heteroatoms. The van der Waals surface area contributed by atoms with Gasteiger partial charge in [-0.1, -0.05) is 179 Å². The van der Waals surface area contributed by atoms with E-state index in [1.807, 2.05) is 76.2 Å². The van der Waals surface area contributed by atoms with Crippen molar-refractivity contribution in [2.24, 2.45) is 0 Å². The van der Waals surface area contributed by atoms with Crippen molar-refractivity contribution in [3.8, 4) is 46.0 Å². The van der Waals surface area contributed by atoms with E-state index in [-0.39, 0.29) is 79.7 Å². The molecule has 146 heavy (non-hydrogen) atoms. The Bertz CT molecular complexity index is 6520. The summed E-state index contributed by atoms with van der Waals surface area (Å²) in [7, 11) is 0. The van der Waals surface area contributed by atoms with Crippen LogP contribution in [0.1, 0.15) is 383 Å². The monoisotopic (exact) mass is 1980 g/mol. The van der Waals surface area contributed by atoms with Crippen LogP contribution in [-0.4, -0.2) is 86.1 Å². The fourth-order valence-corrected chi connectivity index (χ4v) is 23.9. The molecule has 15 rings (SSSR count). The summed E-state index contributed by atoms with van der Waals surface area (Å²) in [4.78, 5) is 0. The van der Waals surface area contributed by atoms with E-state index in [1.165, 1.54) is 169 Å². The molecular weight excluding hydrogens is 1810 g/mol. The van der Waals surface area contributed by atoms with E-state index in [0.29, 0.717) is 31.3 Å². The maximum absolute atomic E-state index is 11.2. The van der Waals surface area contributed by atoms with Crippen LogP contribution in [0.3, 0.4) is 0 Å². The molecule has 0 spiro atoms. The van der Waals surface area contributed by atoms with E-state index in [9.17, 15) is 10.2 Å². The quantitative estimate of drug-likeness (QED) is 0.0283. The first-order valence-corrected chi connectivity index (χ1v) is 54.6. The fraction of sp³-hybridized carbons (Fsp3) is 0.485. The minimum absolute atomic E-state index is 0.0859. The third-order valence-electron chi connectivity index (χ3n) is 32.9. The lowest BCUT2D eigenvalue weighted by atomic mass is 9.76. The number of phenols is 2.